The zero-order chi connectivity index (χ0) is 20.6. The number of amides is 1. The van der Waals surface area contributed by atoms with E-state index < -0.39 is 11.8 Å². The number of ketones is 1. The van der Waals surface area contributed by atoms with Crippen molar-refractivity contribution in [2.45, 2.75) is 39.5 Å². The maximum Gasteiger partial charge on any atom is 0.254 e. The lowest BCUT2D eigenvalue weighted by molar-refractivity contribution is -0.124. The maximum absolute atomic E-state index is 13.3. The molecule has 2 aliphatic rings. The van der Waals surface area contributed by atoms with E-state index in [1.54, 1.807) is 36.9 Å². The van der Waals surface area contributed by atoms with Crippen LogP contribution in [0.1, 0.15) is 45.1 Å². The topological polar surface area (TPSA) is 84.3 Å². The SMILES string of the molecule is CC1=C(C(=O)Nc2cccnc2)[C@H](c2cccnc2)[C@@H]2C(=O)CC(C)(C)CC2=N1. The Balaban J connectivity index is 1.81. The van der Waals surface area contributed by atoms with Gasteiger partial charge in [0.05, 0.1) is 17.8 Å². The largest absolute Gasteiger partial charge is 0.321 e. The molecule has 2 atom stereocenters. The van der Waals surface area contributed by atoms with Crippen LogP contribution < -0.4 is 5.32 Å². The molecule has 0 saturated heterocycles. The predicted octanol–water partition coefficient (Wildman–Crippen LogP) is 3.93. The van der Waals surface area contributed by atoms with Crippen molar-refractivity contribution in [1.29, 1.82) is 0 Å². The number of anilines is 1. The molecule has 2 aromatic rings. The van der Waals surface area contributed by atoms with Gasteiger partial charge in [-0.25, -0.2) is 0 Å². The molecular weight excluding hydrogens is 364 g/mol. The van der Waals surface area contributed by atoms with Gasteiger partial charge in [-0.2, -0.15) is 0 Å². The van der Waals surface area contributed by atoms with Crippen molar-refractivity contribution in [2.24, 2.45) is 16.3 Å². The Morgan fingerprint density at radius 2 is 1.79 bits per heavy atom. The first-order chi connectivity index (χ1) is 13.9. The zero-order valence-corrected chi connectivity index (χ0v) is 16.8. The lowest BCUT2D eigenvalue weighted by atomic mass is 9.63. The Hall–Kier alpha value is -3.15. The second kappa shape index (κ2) is 7.35. The van der Waals surface area contributed by atoms with E-state index in [2.05, 4.69) is 29.1 Å². The molecule has 6 heteroatoms. The molecule has 29 heavy (non-hydrogen) atoms. The van der Waals surface area contributed by atoms with Gasteiger partial charge < -0.3 is 5.32 Å². The monoisotopic (exact) mass is 388 g/mol. The Bertz CT molecular complexity index is 1010. The van der Waals surface area contributed by atoms with E-state index in [1.807, 2.05) is 19.1 Å². The fraction of sp³-hybridized carbons (Fsp3) is 0.348. The van der Waals surface area contributed by atoms with Gasteiger partial charge in [-0.3, -0.25) is 24.5 Å². The summed E-state index contributed by atoms with van der Waals surface area (Å²) in [6.45, 7) is 6.02. The van der Waals surface area contributed by atoms with Crippen LogP contribution in [0.3, 0.4) is 0 Å². The molecule has 3 heterocycles. The molecular formula is C23H24N4O2. The molecule has 6 nitrogen and oxygen atoms in total. The van der Waals surface area contributed by atoms with E-state index >= 15 is 0 Å². The van der Waals surface area contributed by atoms with Gasteiger partial charge in [-0.15, -0.1) is 0 Å². The van der Waals surface area contributed by atoms with Crippen LogP contribution in [0.5, 0.6) is 0 Å². The highest BCUT2D eigenvalue weighted by Gasteiger charge is 2.47. The summed E-state index contributed by atoms with van der Waals surface area (Å²) in [6, 6.07) is 7.31. The smallest absolute Gasteiger partial charge is 0.254 e. The summed E-state index contributed by atoms with van der Waals surface area (Å²) in [5.74, 6) is -0.945. The third-order valence-corrected chi connectivity index (χ3v) is 5.57. The van der Waals surface area contributed by atoms with Crippen LogP contribution in [0.25, 0.3) is 0 Å². The number of nitrogens with zero attached hydrogens (tertiary/aromatic N) is 3. The van der Waals surface area contributed by atoms with Crippen molar-refractivity contribution in [3.05, 3.63) is 65.9 Å². The molecule has 4 rings (SSSR count). The fourth-order valence-corrected chi connectivity index (χ4v) is 4.44. The average molecular weight is 388 g/mol. The Labute approximate surface area is 170 Å². The van der Waals surface area contributed by atoms with Crippen molar-refractivity contribution in [1.82, 2.24) is 9.97 Å². The third-order valence-electron chi connectivity index (χ3n) is 5.57. The van der Waals surface area contributed by atoms with Crippen molar-refractivity contribution in [3.8, 4) is 0 Å². The lowest BCUT2D eigenvalue weighted by Crippen LogP contribution is -2.44. The zero-order valence-electron chi connectivity index (χ0n) is 16.8. The molecule has 1 amide bonds. The molecule has 1 saturated carbocycles. The summed E-state index contributed by atoms with van der Waals surface area (Å²) in [5.41, 5.74) is 3.38. The highest BCUT2D eigenvalue weighted by atomic mass is 16.2. The number of hydrogen-bond donors (Lipinski definition) is 1. The first-order valence-electron chi connectivity index (χ1n) is 9.78. The van der Waals surface area contributed by atoms with Crippen molar-refractivity contribution >= 4 is 23.1 Å². The van der Waals surface area contributed by atoms with Crippen LogP contribution in [0.15, 0.2) is 65.3 Å². The maximum atomic E-state index is 13.3. The van der Waals surface area contributed by atoms with Crippen LogP contribution in [-0.2, 0) is 9.59 Å². The van der Waals surface area contributed by atoms with Crippen molar-refractivity contribution < 1.29 is 9.59 Å². The quantitative estimate of drug-likeness (QED) is 0.863. The molecule has 1 fully saturated rings. The second-order valence-corrected chi connectivity index (χ2v) is 8.52. The molecule has 0 radical (unpaired) electrons. The number of Topliss-reactive ketones (excluding diaryl/α,β-unsaturated/α-hetero) is 1. The summed E-state index contributed by atoms with van der Waals surface area (Å²) >= 11 is 0. The Morgan fingerprint density at radius 3 is 2.45 bits per heavy atom. The average Bonchev–Trinajstić information content (AvgIpc) is 2.67. The summed E-state index contributed by atoms with van der Waals surface area (Å²) in [6.07, 6.45) is 7.90. The highest BCUT2D eigenvalue weighted by Crippen LogP contribution is 2.46. The summed E-state index contributed by atoms with van der Waals surface area (Å²) in [4.78, 5) is 39.5. The van der Waals surface area contributed by atoms with Gasteiger partial charge in [-0.1, -0.05) is 19.9 Å². The van der Waals surface area contributed by atoms with Crippen molar-refractivity contribution in [3.63, 3.8) is 0 Å². The molecule has 148 valence electrons. The lowest BCUT2D eigenvalue weighted by Gasteiger charge is -2.41. The van der Waals surface area contributed by atoms with E-state index in [1.165, 1.54) is 0 Å². The Morgan fingerprint density at radius 1 is 1.07 bits per heavy atom. The molecule has 2 aromatic heterocycles. The van der Waals surface area contributed by atoms with Gasteiger partial charge in [0.2, 0.25) is 0 Å². The van der Waals surface area contributed by atoms with Gasteiger partial charge in [0.25, 0.3) is 5.91 Å². The van der Waals surface area contributed by atoms with E-state index in [-0.39, 0.29) is 17.1 Å². The number of rotatable bonds is 3. The molecule has 0 spiro atoms. The van der Waals surface area contributed by atoms with Gasteiger partial charge in [0, 0.05) is 47.9 Å². The van der Waals surface area contributed by atoms with Crippen LogP contribution >= 0.6 is 0 Å². The number of carbonyl (C=O) groups excluding carboxylic acids is 2. The number of allylic oxidation sites excluding steroid dienone is 1. The minimum Gasteiger partial charge on any atom is -0.321 e. The minimum atomic E-state index is -0.425. The van der Waals surface area contributed by atoms with Crippen LogP contribution in [0.2, 0.25) is 0 Å². The van der Waals surface area contributed by atoms with Crippen LogP contribution in [0, 0.1) is 11.3 Å². The minimum absolute atomic E-state index is 0.123. The van der Waals surface area contributed by atoms with E-state index in [0.717, 1.165) is 17.7 Å². The number of fused-ring (bicyclic) bond motifs is 1. The standard InChI is InChI=1S/C23H24N4O2/c1-14-19(22(29)27-16-7-5-9-25-13-16)20(15-6-4-8-24-12-15)21-17(26-14)10-23(2,3)11-18(21)28/h4-9,12-13,20-21H,10-11H2,1-3H3,(H,27,29)/t20-,21-/m0/s1. The van der Waals surface area contributed by atoms with Gasteiger partial charge >= 0.3 is 0 Å². The third kappa shape index (κ3) is 3.75. The fourth-order valence-electron chi connectivity index (χ4n) is 4.44. The Kier molecular flexibility index (Phi) is 4.86. The van der Waals surface area contributed by atoms with Gasteiger partial charge in [0.15, 0.2) is 0 Å². The second-order valence-electron chi connectivity index (χ2n) is 8.52. The first kappa shape index (κ1) is 19.2. The number of nitrogens with one attached hydrogen (secondary N) is 1. The van der Waals surface area contributed by atoms with Crippen molar-refractivity contribution in [2.75, 3.05) is 5.32 Å². The van der Waals surface area contributed by atoms with Gasteiger partial charge in [-0.05, 0) is 42.5 Å². The first-order valence-corrected chi connectivity index (χ1v) is 9.78. The van der Waals surface area contributed by atoms with Crippen LogP contribution in [0.4, 0.5) is 5.69 Å². The summed E-state index contributed by atoms with van der Waals surface area (Å²) in [7, 11) is 0. The summed E-state index contributed by atoms with van der Waals surface area (Å²) < 4.78 is 0. The number of hydrogen-bond acceptors (Lipinski definition) is 5. The predicted molar refractivity (Wildman–Crippen MR) is 111 cm³/mol. The molecule has 1 aliphatic heterocycles. The molecule has 0 bridgehead atoms. The van der Waals surface area contributed by atoms with E-state index in [0.29, 0.717) is 23.4 Å². The molecule has 1 aliphatic carbocycles. The number of aromatic nitrogens is 2. The molecule has 0 aromatic carbocycles. The molecule has 0 unspecified atom stereocenters. The highest BCUT2D eigenvalue weighted by molar-refractivity contribution is 6.14. The van der Waals surface area contributed by atoms with E-state index in [9.17, 15) is 9.59 Å². The van der Waals surface area contributed by atoms with E-state index in [4.69, 9.17) is 4.99 Å². The normalized spacial score (nSPS) is 23.3. The van der Waals surface area contributed by atoms with Crippen LogP contribution in [-0.4, -0.2) is 27.4 Å². The number of pyridine rings is 2. The van der Waals surface area contributed by atoms with Gasteiger partial charge in [0.1, 0.15) is 5.78 Å². The summed E-state index contributed by atoms with van der Waals surface area (Å²) in [5, 5.41) is 2.91. The number of aliphatic imine (C=N–C) groups is 1. The number of carbonyl (C=O) groups is 2. The molecule has 1 N–H and O–H groups in total.